The molecule has 0 bridgehead atoms. The van der Waals surface area contributed by atoms with Crippen molar-refractivity contribution in [2.45, 2.75) is 0 Å². The van der Waals surface area contributed by atoms with Gasteiger partial charge in [0.05, 0.1) is 0 Å². The molecule has 0 saturated carbocycles. The Morgan fingerprint density at radius 1 is 0.944 bits per heavy atom. The second-order valence-electron chi connectivity index (χ2n) is 2.59. The molecule has 0 aliphatic carbocycles. The quantitative estimate of drug-likeness (QED) is 0.393. The standard InChI is InChI=1S/C7H6Br.C5H5.2CO.Fe/c1-6-2-4-7(8)5-3-6;1-2-4-5-3-1;2*1-2;/h2-5H,1H2;1-5H;;;/q2*-1;;;+2. The normalized spacial score (nSPS) is 6.50. The summed E-state index contributed by atoms with van der Waals surface area (Å²) in [6.45, 7) is 12.7. The summed E-state index contributed by atoms with van der Waals surface area (Å²) in [5.74, 6) is 0. The average Bonchev–Trinajstić information content (AvgIpc) is 2.97. The van der Waals surface area contributed by atoms with Gasteiger partial charge < -0.3 is 0 Å². The average molecular weight is 347 g/mol. The van der Waals surface area contributed by atoms with Crippen molar-refractivity contribution < 1.29 is 26.4 Å². The first-order chi connectivity index (χ1) is 8.29. The minimum atomic E-state index is 0. The Morgan fingerprint density at radius 2 is 1.33 bits per heavy atom. The molecule has 2 nitrogen and oxygen atoms in total. The molecule has 94 valence electrons. The molecule has 18 heavy (non-hydrogen) atoms. The van der Waals surface area contributed by atoms with Gasteiger partial charge >= 0.3 is 39.7 Å². The number of hydrogen-bond acceptors (Lipinski definition) is 0. The minimum Gasteiger partial charge on any atom is -0.214 e. The molecule has 0 aromatic heterocycles. The second kappa shape index (κ2) is 18.3. The van der Waals surface area contributed by atoms with E-state index in [-0.39, 0.29) is 17.1 Å². The molecule has 0 atom stereocenters. The first kappa shape index (κ1) is 22.1. The molecular weight excluding hydrogens is 336 g/mol. The van der Waals surface area contributed by atoms with E-state index in [9.17, 15) is 0 Å². The fourth-order valence-electron chi connectivity index (χ4n) is 0.805. The van der Waals surface area contributed by atoms with Crippen LogP contribution < -0.4 is 0 Å². The van der Waals surface area contributed by atoms with Crippen molar-refractivity contribution >= 4 is 15.9 Å². The van der Waals surface area contributed by atoms with Crippen LogP contribution in [-0.2, 0) is 26.4 Å². The van der Waals surface area contributed by atoms with Crippen molar-refractivity contribution in [3.05, 3.63) is 84.9 Å². The zero-order chi connectivity index (χ0) is 13.5. The van der Waals surface area contributed by atoms with Gasteiger partial charge in [-0.25, -0.2) is 12.1 Å². The van der Waals surface area contributed by atoms with E-state index >= 15 is 0 Å². The molecule has 0 N–H and O–H groups in total. The van der Waals surface area contributed by atoms with Crippen LogP contribution in [0.2, 0.25) is 0 Å². The summed E-state index contributed by atoms with van der Waals surface area (Å²) in [7, 11) is 0. The number of rotatable bonds is 0. The van der Waals surface area contributed by atoms with Gasteiger partial charge in [0, 0.05) is 0 Å². The van der Waals surface area contributed by atoms with Gasteiger partial charge in [-0.3, -0.25) is 0 Å². The van der Waals surface area contributed by atoms with Crippen molar-refractivity contribution in [1.82, 2.24) is 0 Å². The second-order valence-corrected chi connectivity index (χ2v) is 3.50. The van der Waals surface area contributed by atoms with E-state index in [2.05, 4.69) is 36.2 Å². The van der Waals surface area contributed by atoms with Crippen LogP contribution in [0, 0.1) is 20.2 Å². The molecule has 2 rings (SSSR count). The fourth-order valence-corrected chi connectivity index (χ4v) is 1.07. The van der Waals surface area contributed by atoms with E-state index in [1.54, 1.807) is 0 Å². The van der Waals surface area contributed by atoms with Crippen LogP contribution >= 0.6 is 15.9 Å². The molecule has 0 saturated heterocycles. The molecule has 2 aromatic carbocycles. The Bertz CT molecular complexity index is 347. The van der Waals surface area contributed by atoms with Gasteiger partial charge in [-0.1, -0.05) is 15.9 Å². The minimum absolute atomic E-state index is 0. The van der Waals surface area contributed by atoms with Gasteiger partial charge in [0.15, 0.2) is 0 Å². The zero-order valence-electron chi connectivity index (χ0n) is 9.45. The van der Waals surface area contributed by atoms with Gasteiger partial charge in [0.2, 0.25) is 0 Å². The topological polar surface area (TPSA) is 39.8 Å². The molecular formula is C14H11BrFeO2. The van der Waals surface area contributed by atoms with Crippen LogP contribution in [0.5, 0.6) is 0 Å². The summed E-state index contributed by atoms with van der Waals surface area (Å²) >= 11 is 3.32. The van der Waals surface area contributed by atoms with E-state index in [1.807, 2.05) is 54.6 Å². The first-order valence-corrected chi connectivity index (χ1v) is 5.23. The van der Waals surface area contributed by atoms with Gasteiger partial charge in [-0.05, 0) is 4.47 Å². The predicted octanol–water partition coefficient (Wildman–Crippen LogP) is 3.96. The molecule has 0 amide bonds. The summed E-state index contributed by atoms with van der Waals surface area (Å²) in [6.07, 6.45) is 0. The molecule has 2 aromatic rings. The third-order valence-corrected chi connectivity index (χ3v) is 2.00. The molecule has 0 unspecified atom stereocenters. The van der Waals surface area contributed by atoms with E-state index in [4.69, 9.17) is 9.30 Å². The summed E-state index contributed by atoms with van der Waals surface area (Å²) in [5, 5.41) is 0. The number of hydrogen-bond donors (Lipinski definition) is 0. The largest absolute Gasteiger partial charge is 2.00 e. The molecule has 0 fully saturated rings. The zero-order valence-corrected chi connectivity index (χ0v) is 12.1. The molecule has 0 heterocycles. The van der Waals surface area contributed by atoms with Crippen LogP contribution in [0.25, 0.3) is 0 Å². The van der Waals surface area contributed by atoms with E-state index in [0.717, 1.165) is 10.0 Å². The first-order valence-electron chi connectivity index (χ1n) is 4.44. The van der Waals surface area contributed by atoms with Crippen molar-refractivity contribution in [2.24, 2.45) is 0 Å². The van der Waals surface area contributed by atoms with Crippen LogP contribution in [0.15, 0.2) is 59.1 Å². The fraction of sp³-hybridized carbons (Fsp3) is 0. The van der Waals surface area contributed by atoms with E-state index < -0.39 is 0 Å². The summed E-state index contributed by atoms with van der Waals surface area (Å²) in [4.78, 5) is 0. The number of halogens is 1. The van der Waals surface area contributed by atoms with E-state index in [0.29, 0.717) is 0 Å². The van der Waals surface area contributed by atoms with Crippen molar-refractivity contribution in [3.8, 4) is 0 Å². The summed E-state index contributed by atoms with van der Waals surface area (Å²) < 4.78 is 16.1. The Balaban J connectivity index is -0.000000196. The Kier molecular flexibility index (Phi) is 22.5. The summed E-state index contributed by atoms with van der Waals surface area (Å²) in [6, 6.07) is 17.9. The number of benzene rings is 1. The Labute approximate surface area is 127 Å². The SMILES string of the molecule is [C-]#[O+].[C-]#[O+].[CH2-]c1ccc(Br)cc1.[Fe+2].c1cc[cH-]c1. The van der Waals surface area contributed by atoms with Crippen molar-refractivity contribution in [2.75, 3.05) is 0 Å². The monoisotopic (exact) mass is 346 g/mol. The van der Waals surface area contributed by atoms with Gasteiger partial charge in [0.25, 0.3) is 0 Å². The van der Waals surface area contributed by atoms with Crippen LogP contribution in [-0.4, -0.2) is 0 Å². The molecule has 0 aliphatic heterocycles. The van der Waals surface area contributed by atoms with Gasteiger partial charge in [0.1, 0.15) is 0 Å². The van der Waals surface area contributed by atoms with Gasteiger partial charge in [-0.15, -0.1) is 12.1 Å². The third-order valence-electron chi connectivity index (χ3n) is 1.47. The van der Waals surface area contributed by atoms with Crippen molar-refractivity contribution in [3.63, 3.8) is 0 Å². The summed E-state index contributed by atoms with van der Waals surface area (Å²) in [5.41, 5.74) is 1.05. The van der Waals surface area contributed by atoms with Crippen LogP contribution in [0.4, 0.5) is 0 Å². The predicted molar refractivity (Wildman–Crippen MR) is 68.5 cm³/mol. The third kappa shape index (κ3) is 14.9. The smallest absolute Gasteiger partial charge is 0.214 e. The molecule has 0 aliphatic rings. The maximum atomic E-state index is 7.50. The van der Waals surface area contributed by atoms with Crippen LogP contribution in [0.3, 0.4) is 0 Å². The van der Waals surface area contributed by atoms with Gasteiger partial charge in [-0.2, -0.15) is 42.8 Å². The molecule has 0 spiro atoms. The van der Waals surface area contributed by atoms with E-state index in [1.165, 1.54) is 0 Å². The molecule has 4 heteroatoms. The van der Waals surface area contributed by atoms with Crippen molar-refractivity contribution in [1.29, 1.82) is 0 Å². The maximum Gasteiger partial charge on any atom is 2.00 e. The Morgan fingerprint density at radius 3 is 1.56 bits per heavy atom. The van der Waals surface area contributed by atoms with Crippen LogP contribution in [0.1, 0.15) is 5.56 Å². The molecule has 0 radical (unpaired) electrons. The Hall–Kier alpha value is -1.08. The maximum absolute atomic E-state index is 7.50.